The Bertz CT molecular complexity index is 878. The fraction of sp³-hybridized carbons (Fsp3) is 0.286. The fourth-order valence-electron chi connectivity index (χ4n) is 2.41. The van der Waals surface area contributed by atoms with Crippen molar-refractivity contribution in [3.8, 4) is 0 Å². The van der Waals surface area contributed by atoms with Gasteiger partial charge >= 0.3 is 5.97 Å². The van der Waals surface area contributed by atoms with Crippen LogP contribution in [-0.4, -0.2) is 30.3 Å². The van der Waals surface area contributed by atoms with Gasteiger partial charge in [0.2, 0.25) is 0 Å². The van der Waals surface area contributed by atoms with Crippen LogP contribution in [0.3, 0.4) is 0 Å². The number of hydrogen-bond donors (Lipinski definition) is 1. The summed E-state index contributed by atoms with van der Waals surface area (Å²) in [4.78, 5) is 36.7. The van der Waals surface area contributed by atoms with Crippen LogP contribution in [0.1, 0.15) is 40.1 Å². The Balaban J connectivity index is 2.00. The third-order valence-corrected chi connectivity index (χ3v) is 4.11. The minimum atomic E-state index is -1.16. The van der Waals surface area contributed by atoms with Crippen molar-refractivity contribution in [2.24, 2.45) is 5.92 Å². The van der Waals surface area contributed by atoms with Crippen LogP contribution in [0.2, 0.25) is 0 Å². The second-order valence-corrected chi connectivity index (χ2v) is 6.72. The van der Waals surface area contributed by atoms with Crippen molar-refractivity contribution in [2.75, 3.05) is 6.61 Å². The third-order valence-electron chi connectivity index (χ3n) is 4.11. The van der Waals surface area contributed by atoms with Gasteiger partial charge in [0, 0.05) is 11.1 Å². The van der Waals surface area contributed by atoms with Gasteiger partial charge in [-0.1, -0.05) is 31.5 Å². The lowest BCUT2D eigenvalue weighted by molar-refractivity contribution is -0.145. The number of Topliss-reactive ketones (excluding diaryl/α,β-unsaturated/α-hetero) is 1. The summed E-state index contributed by atoms with van der Waals surface area (Å²) in [5.74, 6) is -4.44. The van der Waals surface area contributed by atoms with E-state index in [9.17, 15) is 23.2 Å². The third kappa shape index (κ3) is 5.45. The molecule has 0 saturated heterocycles. The number of carbonyl (C=O) groups excluding carboxylic acids is 3. The van der Waals surface area contributed by atoms with Crippen molar-refractivity contribution in [1.82, 2.24) is 5.32 Å². The van der Waals surface area contributed by atoms with E-state index in [2.05, 4.69) is 5.32 Å². The number of nitrogens with one attached hydrogen (secondary N) is 1. The molecule has 28 heavy (non-hydrogen) atoms. The second-order valence-electron chi connectivity index (χ2n) is 6.72. The van der Waals surface area contributed by atoms with Crippen molar-refractivity contribution < 1.29 is 27.9 Å². The molecule has 1 N–H and O–H groups in total. The van der Waals surface area contributed by atoms with E-state index < -0.39 is 41.9 Å². The Hall–Kier alpha value is -3.09. The highest BCUT2D eigenvalue weighted by Gasteiger charge is 2.27. The Labute approximate surface area is 161 Å². The Morgan fingerprint density at radius 1 is 0.964 bits per heavy atom. The molecule has 7 heteroatoms. The Kier molecular flexibility index (Phi) is 6.98. The first kappa shape index (κ1) is 21.2. The Morgan fingerprint density at radius 3 is 2.14 bits per heavy atom. The van der Waals surface area contributed by atoms with E-state index >= 15 is 0 Å². The average molecular weight is 389 g/mol. The fourth-order valence-corrected chi connectivity index (χ4v) is 2.41. The second kappa shape index (κ2) is 9.21. The number of hydrogen-bond acceptors (Lipinski definition) is 4. The van der Waals surface area contributed by atoms with Gasteiger partial charge in [-0.25, -0.2) is 13.6 Å². The first-order chi connectivity index (χ1) is 13.2. The number of aryl methyl sites for hydroxylation is 1. The van der Waals surface area contributed by atoms with Crippen LogP contribution in [0.5, 0.6) is 0 Å². The number of halogens is 2. The van der Waals surface area contributed by atoms with Crippen LogP contribution >= 0.6 is 0 Å². The zero-order chi connectivity index (χ0) is 20.8. The molecule has 0 aromatic heterocycles. The molecule has 1 atom stereocenters. The zero-order valence-corrected chi connectivity index (χ0v) is 15.8. The van der Waals surface area contributed by atoms with Gasteiger partial charge in [0.15, 0.2) is 24.0 Å². The van der Waals surface area contributed by atoms with Crippen molar-refractivity contribution in [3.63, 3.8) is 0 Å². The summed E-state index contributed by atoms with van der Waals surface area (Å²) in [5.41, 5.74) is 1.27. The summed E-state index contributed by atoms with van der Waals surface area (Å²) in [6.45, 7) is 4.69. The zero-order valence-electron chi connectivity index (χ0n) is 15.8. The van der Waals surface area contributed by atoms with Gasteiger partial charge in [0.1, 0.15) is 6.04 Å². The molecule has 5 nitrogen and oxygen atoms in total. The summed E-state index contributed by atoms with van der Waals surface area (Å²) < 4.78 is 31.2. The largest absolute Gasteiger partial charge is 0.456 e. The molecule has 148 valence electrons. The summed E-state index contributed by atoms with van der Waals surface area (Å²) in [6.07, 6.45) is 0. The first-order valence-electron chi connectivity index (χ1n) is 8.71. The number of amides is 1. The molecular weight excluding hydrogens is 368 g/mol. The van der Waals surface area contributed by atoms with Crippen LogP contribution < -0.4 is 5.32 Å². The molecule has 1 amide bonds. The van der Waals surface area contributed by atoms with Gasteiger partial charge in [0.05, 0.1) is 0 Å². The van der Waals surface area contributed by atoms with E-state index in [1.807, 2.05) is 6.92 Å². The summed E-state index contributed by atoms with van der Waals surface area (Å²) in [5, 5.41) is 2.60. The predicted octanol–water partition coefficient (Wildman–Crippen LogP) is 3.45. The van der Waals surface area contributed by atoms with Crippen LogP contribution in [-0.2, 0) is 9.53 Å². The average Bonchev–Trinajstić information content (AvgIpc) is 2.66. The highest BCUT2D eigenvalue weighted by Crippen LogP contribution is 2.11. The highest BCUT2D eigenvalue weighted by molar-refractivity contribution is 5.99. The van der Waals surface area contributed by atoms with Crippen LogP contribution in [0.15, 0.2) is 42.5 Å². The molecule has 2 rings (SSSR count). The molecule has 0 fully saturated rings. The molecule has 0 heterocycles. The number of rotatable bonds is 7. The number of ketones is 1. The van der Waals surface area contributed by atoms with E-state index in [1.165, 1.54) is 0 Å². The normalized spacial score (nSPS) is 11.8. The number of esters is 1. The molecule has 0 saturated carbocycles. The SMILES string of the molecule is Cc1ccc(C(=O)NC(C(=O)OCC(=O)c2ccc(F)c(F)c2)C(C)C)cc1. The number of ether oxygens (including phenoxy) is 1. The van der Waals surface area contributed by atoms with Crippen molar-refractivity contribution in [2.45, 2.75) is 26.8 Å². The van der Waals surface area contributed by atoms with Crippen molar-refractivity contribution in [3.05, 3.63) is 70.8 Å². The van der Waals surface area contributed by atoms with Gasteiger partial charge in [0.25, 0.3) is 5.91 Å². The predicted molar refractivity (Wildman–Crippen MR) is 98.9 cm³/mol. The number of benzene rings is 2. The lowest BCUT2D eigenvalue weighted by Crippen LogP contribution is -2.45. The summed E-state index contributed by atoms with van der Waals surface area (Å²) >= 11 is 0. The topological polar surface area (TPSA) is 72.5 Å². The molecule has 0 spiro atoms. The van der Waals surface area contributed by atoms with Crippen molar-refractivity contribution >= 4 is 17.7 Å². The molecule has 0 aliphatic carbocycles. The van der Waals surface area contributed by atoms with E-state index in [-0.39, 0.29) is 11.5 Å². The van der Waals surface area contributed by atoms with E-state index in [0.717, 1.165) is 23.8 Å². The maximum atomic E-state index is 13.2. The lowest BCUT2D eigenvalue weighted by atomic mass is 10.0. The maximum absolute atomic E-state index is 13.2. The molecule has 0 radical (unpaired) electrons. The van der Waals surface area contributed by atoms with E-state index in [1.54, 1.807) is 38.1 Å². The van der Waals surface area contributed by atoms with Crippen molar-refractivity contribution in [1.29, 1.82) is 0 Å². The van der Waals surface area contributed by atoms with Crippen LogP contribution in [0, 0.1) is 24.5 Å². The summed E-state index contributed by atoms with van der Waals surface area (Å²) in [7, 11) is 0. The molecule has 1 unspecified atom stereocenters. The van der Waals surface area contributed by atoms with Gasteiger partial charge < -0.3 is 10.1 Å². The van der Waals surface area contributed by atoms with Crippen LogP contribution in [0.4, 0.5) is 8.78 Å². The smallest absolute Gasteiger partial charge is 0.329 e. The maximum Gasteiger partial charge on any atom is 0.329 e. The highest BCUT2D eigenvalue weighted by atomic mass is 19.2. The molecule has 2 aromatic rings. The van der Waals surface area contributed by atoms with Gasteiger partial charge in [-0.2, -0.15) is 0 Å². The minimum Gasteiger partial charge on any atom is -0.456 e. The molecule has 0 aliphatic heterocycles. The van der Waals surface area contributed by atoms with E-state index in [0.29, 0.717) is 5.56 Å². The van der Waals surface area contributed by atoms with E-state index in [4.69, 9.17) is 4.74 Å². The molecule has 2 aromatic carbocycles. The van der Waals surface area contributed by atoms with Gasteiger partial charge in [-0.05, 0) is 43.2 Å². The first-order valence-corrected chi connectivity index (χ1v) is 8.71. The molecule has 0 aliphatic rings. The summed E-state index contributed by atoms with van der Waals surface area (Å²) in [6, 6.07) is 8.53. The standard InChI is InChI=1S/C21H21F2NO4/c1-12(2)19(24-20(26)14-6-4-13(3)5-7-14)21(27)28-11-18(25)15-8-9-16(22)17(23)10-15/h4-10,12,19H,11H2,1-3H3,(H,24,26). The number of carbonyl (C=O) groups is 3. The molecule has 0 bridgehead atoms. The minimum absolute atomic E-state index is 0.114. The Morgan fingerprint density at radius 2 is 1.57 bits per heavy atom. The quantitative estimate of drug-likeness (QED) is 0.582. The van der Waals surface area contributed by atoms with Gasteiger partial charge in [-0.15, -0.1) is 0 Å². The van der Waals surface area contributed by atoms with Gasteiger partial charge in [-0.3, -0.25) is 9.59 Å². The monoisotopic (exact) mass is 389 g/mol. The molecular formula is C21H21F2NO4. The van der Waals surface area contributed by atoms with Crippen LogP contribution in [0.25, 0.3) is 0 Å². The lowest BCUT2D eigenvalue weighted by Gasteiger charge is -2.20.